The van der Waals surface area contributed by atoms with Crippen molar-refractivity contribution in [2.75, 3.05) is 19.6 Å². The molecule has 1 aromatic rings. The van der Waals surface area contributed by atoms with E-state index in [1.165, 1.54) is 0 Å². The number of hydrogen-bond donors (Lipinski definition) is 1. The minimum Gasteiger partial charge on any atom is -0.313 e. The topological polar surface area (TPSA) is 39.0 Å². The molecule has 1 N–H and O–H groups in total. The van der Waals surface area contributed by atoms with Gasteiger partial charge in [0.05, 0.1) is 16.8 Å². The van der Waals surface area contributed by atoms with Gasteiger partial charge in [-0.25, -0.2) is 5.32 Å². The lowest BCUT2D eigenvalue weighted by atomic mass is 10.1. The lowest BCUT2D eigenvalue weighted by Crippen LogP contribution is -2.39. The number of nitrogens with zero attached hydrogens (tertiary/aromatic N) is 2. The number of nitrogens with one attached hydrogen (secondary N) is 1. The van der Waals surface area contributed by atoms with Gasteiger partial charge < -0.3 is 5.32 Å². The summed E-state index contributed by atoms with van der Waals surface area (Å²) in [4.78, 5) is 4.24. The molecule has 1 saturated heterocycles. The molecular weight excluding hydrogens is 186 g/mol. The zero-order valence-corrected chi connectivity index (χ0v) is 7.96. The van der Waals surface area contributed by atoms with Crippen LogP contribution in [0.4, 0.5) is 0 Å². The first-order valence-electron chi connectivity index (χ1n) is 4.35. The van der Waals surface area contributed by atoms with Gasteiger partial charge in [-0.15, -0.1) is 0 Å². The number of hydrogen-bond acceptors (Lipinski definition) is 2. The third-order valence-electron chi connectivity index (χ3n) is 2.08. The van der Waals surface area contributed by atoms with Crippen LogP contribution in [0.3, 0.4) is 0 Å². The first-order chi connectivity index (χ1) is 6.38. The Morgan fingerprint density at radius 2 is 2.46 bits per heavy atom. The van der Waals surface area contributed by atoms with E-state index in [1.807, 2.05) is 12.1 Å². The zero-order valence-electron chi connectivity index (χ0n) is 7.20. The van der Waals surface area contributed by atoms with E-state index in [9.17, 15) is 0 Å². The fourth-order valence-corrected chi connectivity index (χ4v) is 1.68. The van der Waals surface area contributed by atoms with Gasteiger partial charge in [-0.3, -0.25) is 4.98 Å². The van der Waals surface area contributed by atoms with Crippen LogP contribution in [0.5, 0.6) is 0 Å². The maximum Gasteiger partial charge on any atom is 0.0807 e. The monoisotopic (exact) mass is 196 g/mol. The van der Waals surface area contributed by atoms with Crippen molar-refractivity contribution >= 4 is 11.6 Å². The Kier molecular flexibility index (Phi) is 2.78. The van der Waals surface area contributed by atoms with Crippen molar-refractivity contribution in [3.8, 4) is 0 Å². The summed E-state index contributed by atoms with van der Waals surface area (Å²) < 4.78 is 0. The van der Waals surface area contributed by atoms with Gasteiger partial charge in [-0.05, 0) is 12.1 Å². The predicted molar refractivity (Wildman–Crippen MR) is 51.9 cm³/mol. The number of pyridine rings is 1. The molecule has 0 bridgehead atoms. The molecule has 1 aliphatic heterocycles. The summed E-state index contributed by atoms with van der Waals surface area (Å²) in [5, 5.41) is 8.43. The maximum atomic E-state index is 6.01. The minimum absolute atomic E-state index is 0.127. The molecule has 2 heterocycles. The van der Waals surface area contributed by atoms with Gasteiger partial charge in [0.2, 0.25) is 0 Å². The Bertz CT molecular complexity index is 284. The van der Waals surface area contributed by atoms with E-state index in [4.69, 9.17) is 11.6 Å². The normalized spacial score (nSPS) is 23.0. The van der Waals surface area contributed by atoms with Crippen LogP contribution in [-0.2, 0) is 0 Å². The van der Waals surface area contributed by atoms with Crippen LogP contribution in [-0.4, -0.2) is 24.6 Å². The summed E-state index contributed by atoms with van der Waals surface area (Å²) in [5.74, 6) is 0. The lowest BCUT2D eigenvalue weighted by molar-refractivity contribution is 0.415. The van der Waals surface area contributed by atoms with E-state index in [1.54, 1.807) is 6.20 Å². The van der Waals surface area contributed by atoms with Crippen LogP contribution >= 0.6 is 11.6 Å². The van der Waals surface area contributed by atoms with Crippen LogP contribution in [0.25, 0.3) is 0 Å². The molecule has 69 valence electrons. The molecular formula is C9H11ClN3. The standard InChI is InChI=1S/C9H11ClN3/c10-7-2-1-3-13-9(7)8-6-11-4-5-12-8/h1-3,8,11H,4-6H2. The van der Waals surface area contributed by atoms with Crippen LogP contribution in [0.15, 0.2) is 18.3 Å². The van der Waals surface area contributed by atoms with Gasteiger partial charge in [0.25, 0.3) is 0 Å². The van der Waals surface area contributed by atoms with Crippen molar-refractivity contribution in [3.05, 3.63) is 29.0 Å². The molecule has 2 rings (SSSR count). The highest BCUT2D eigenvalue weighted by Gasteiger charge is 2.18. The average Bonchev–Trinajstić information content (AvgIpc) is 2.20. The second kappa shape index (κ2) is 4.05. The van der Waals surface area contributed by atoms with E-state index in [0.29, 0.717) is 5.02 Å². The fraction of sp³-hybridized carbons (Fsp3) is 0.444. The van der Waals surface area contributed by atoms with Gasteiger partial charge in [0, 0.05) is 25.8 Å². The highest BCUT2D eigenvalue weighted by atomic mass is 35.5. The molecule has 0 aromatic carbocycles. The smallest absolute Gasteiger partial charge is 0.0807 e. The van der Waals surface area contributed by atoms with Crippen LogP contribution < -0.4 is 10.6 Å². The zero-order chi connectivity index (χ0) is 9.10. The van der Waals surface area contributed by atoms with Crippen molar-refractivity contribution in [2.45, 2.75) is 6.04 Å². The van der Waals surface area contributed by atoms with Gasteiger partial charge in [0.1, 0.15) is 0 Å². The van der Waals surface area contributed by atoms with Crippen molar-refractivity contribution in [3.63, 3.8) is 0 Å². The second-order valence-corrected chi connectivity index (χ2v) is 3.40. The molecule has 0 aliphatic carbocycles. The number of aromatic nitrogens is 1. The van der Waals surface area contributed by atoms with E-state index in [-0.39, 0.29) is 6.04 Å². The summed E-state index contributed by atoms with van der Waals surface area (Å²) in [7, 11) is 0. The van der Waals surface area contributed by atoms with Crippen LogP contribution in [0, 0.1) is 0 Å². The largest absolute Gasteiger partial charge is 0.313 e. The number of piperazine rings is 1. The average molecular weight is 197 g/mol. The molecule has 4 heteroatoms. The van der Waals surface area contributed by atoms with Gasteiger partial charge in [-0.2, -0.15) is 0 Å². The quantitative estimate of drug-likeness (QED) is 0.728. The first kappa shape index (κ1) is 8.94. The third kappa shape index (κ3) is 1.99. The Morgan fingerprint density at radius 1 is 1.54 bits per heavy atom. The van der Waals surface area contributed by atoms with E-state index in [0.717, 1.165) is 25.3 Å². The molecule has 0 amide bonds. The molecule has 0 saturated carbocycles. The van der Waals surface area contributed by atoms with Crippen molar-refractivity contribution < 1.29 is 0 Å². The Hall–Kier alpha value is -0.640. The highest BCUT2D eigenvalue weighted by molar-refractivity contribution is 6.31. The molecule has 1 fully saturated rings. The van der Waals surface area contributed by atoms with E-state index >= 15 is 0 Å². The Balaban J connectivity index is 2.18. The highest BCUT2D eigenvalue weighted by Crippen LogP contribution is 2.20. The second-order valence-electron chi connectivity index (χ2n) is 3.00. The summed E-state index contributed by atoms with van der Waals surface area (Å²) >= 11 is 6.01. The SMILES string of the molecule is Clc1cccnc1C1CNCC[N]1. The van der Waals surface area contributed by atoms with Crippen LogP contribution in [0.2, 0.25) is 5.02 Å². The van der Waals surface area contributed by atoms with E-state index in [2.05, 4.69) is 15.6 Å². The van der Waals surface area contributed by atoms with Crippen LogP contribution in [0.1, 0.15) is 11.7 Å². The summed E-state index contributed by atoms with van der Waals surface area (Å²) in [6.45, 7) is 2.65. The molecule has 1 aromatic heterocycles. The summed E-state index contributed by atoms with van der Waals surface area (Å²) in [6, 6.07) is 3.82. The Morgan fingerprint density at radius 3 is 3.15 bits per heavy atom. The molecule has 1 unspecified atom stereocenters. The van der Waals surface area contributed by atoms with Crippen molar-refractivity contribution in [1.82, 2.24) is 15.6 Å². The van der Waals surface area contributed by atoms with Crippen molar-refractivity contribution in [1.29, 1.82) is 0 Å². The number of halogens is 1. The fourth-order valence-electron chi connectivity index (χ4n) is 1.43. The third-order valence-corrected chi connectivity index (χ3v) is 2.40. The Labute approximate surface area is 82.5 Å². The molecule has 3 nitrogen and oxygen atoms in total. The minimum atomic E-state index is 0.127. The predicted octanol–water partition coefficient (Wildman–Crippen LogP) is 0.984. The molecule has 0 spiro atoms. The van der Waals surface area contributed by atoms with Gasteiger partial charge >= 0.3 is 0 Å². The lowest BCUT2D eigenvalue weighted by Gasteiger charge is -2.22. The summed E-state index contributed by atoms with van der Waals surface area (Å²) in [5.41, 5.74) is 0.886. The maximum absolute atomic E-state index is 6.01. The van der Waals surface area contributed by atoms with Gasteiger partial charge in [0.15, 0.2) is 0 Å². The number of rotatable bonds is 1. The first-order valence-corrected chi connectivity index (χ1v) is 4.73. The summed E-state index contributed by atoms with van der Waals surface area (Å²) in [6.07, 6.45) is 1.76. The molecule has 13 heavy (non-hydrogen) atoms. The van der Waals surface area contributed by atoms with E-state index < -0.39 is 0 Å². The van der Waals surface area contributed by atoms with Crippen molar-refractivity contribution in [2.24, 2.45) is 0 Å². The molecule has 1 atom stereocenters. The molecule has 1 radical (unpaired) electrons. The molecule has 1 aliphatic rings. The van der Waals surface area contributed by atoms with Gasteiger partial charge in [-0.1, -0.05) is 11.6 Å².